The number of nitrogen functional groups attached to an aromatic ring is 1. The fraction of sp³-hybridized carbons (Fsp3) is 0.130. The number of aryl methyl sites for hydroxylation is 2. The molecule has 7 nitrogen and oxygen atoms in total. The molecule has 0 fully saturated rings. The van der Waals surface area contributed by atoms with Crippen molar-refractivity contribution in [3.8, 4) is 5.75 Å². The Bertz CT molecular complexity index is 1420. The maximum atomic E-state index is 12.9. The first-order valence-corrected chi connectivity index (χ1v) is 9.47. The lowest BCUT2D eigenvalue weighted by Gasteiger charge is -2.04. The van der Waals surface area contributed by atoms with Gasteiger partial charge in [-0.1, -0.05) is 6.07 Å². The normalized spacial score (nSPS) is 14.2. The number of methoxy groups -OCH3 is 1. The molecule has 150 valence electrons. The topological polar surface area (TPSA) is 91.3 Å². The van der Waals surface area contributed by atoms with Crippen LogP contribution >= 0.6 is 0 Å². The third-order valence-electron chi connectivity index (χ3n) is 5.68. The Morgan fingerprint density at radius 3 is 1.93 bits per heavy atom. The maximum Gasteiger partial charge on any atom is 0.259 e. The molecule has 1 aliphatic rings. The van der Waals surface area contributed by atoms with Crippen LogP contribution in [0, 0.1) is 0 Å². The molecule has 0 saturated heterocycles. The van der Waals surface area contributed by atoms with Crippen LogP contribution in [0.4, 0.5) is 5.69 Å². The molecule has 7 heteroatoms. The largest absolute Gasteiger partial charge is 0.497 e. The van der Waals surface area contributed by atoms with Crippen LogP contribution in [-0.4, -0.2) is 28.1 Å². The van der Waals surface area contributed by atoms with E-state index in [-0.39, 0.29) is 0 Å². The second kappa shape index (κ2) is 6.25. The third-order valence-corrected chi connectivity index (χ3v) is 5.68. The van der Waals surface area contributed by atoms with E-state index in [0.29, 0.717) is 28.0 Å². The van der Waals surface area contributed by atoms with E-state index in [9.17, 15) is 9.59 Å². The van der Waals surface area contributed by atoms with Crippen molar-refractivity contribution in [2.75, 3.05) is 12.8 Å². The summed E-state index contributed by atoms with van der Waals surface area (Å²) in [5.41, 5.74) is 10.5. The zero-order valence-corrected chi connectivity index (χ0v) is 16.8. The van der Waals surface area contributed by atoms with Gasteiger partial charge in [-0.05, 0) is 24.3 Å². The minimum absolute atomic E-state index is 0.374. The molecule has 2 amide bonds. The van der Waals surface area contributed by atoms with Crippen LogP contribution in [-0.2, 0) is 23.7 Å². The first-order valence-electron chi connectivity index (χ1n) is 9.47. The van der Waals surface area contributed by atoms with Crippen molar-refractivity contribution in [2.45, 2.75) is 0 Å². The molecule has 4 aromatic rings. The van der Waals surface area contributed by atoms with Crippen molar-refractivity contribution in [2.24, 2.45) is 14.1 Å². The number of amides is 2. The lowest BCUT2D eigenvalue weighted by molar-refractivity contribution is -0.122. The number of hydrogen-bond acceptors (Lipinski definition) is 4. The molecule has 30 heavy (non-hydrogen) atoms. The average molecular weight is 400 g/mol. The highest BCUT2D eigenvalue weighted by Crippen LogP contribution is 2.39. The molecular weight excluding hydrogens is 380 g/mol. The minimum Gasteiger partial charge on any atom is -0.497 e. The fourth-order valence-corrected chi connectivity index (χ4v) is 4.26. The Morgan fingerprint density at radius 2 is 1.37 bits per heavy atom. The Hall–Kier alpha value is -4.00. The Morgan fingerprint density at radius 1 is 0.833 bits per heavy atom. The number of nitrogens with one attached hydrogen (secondary N) is 1. The van der Waals surface area contributed by atoms with E-state index in [0.717, 1.165) is 27.6 Å². The summed E-state index contributed by atoms with van der Waals surface area (Å²) in [7, 11) is 5.41. The Labute approximate surface area is 172 Å². The first-order chi connectivity index (χ1) is 14.4. The predicted octanol–water partition coefficient (Wildman–Crippen LogP) is 2.83. The van der Waals surface area contributed by atoms with Gasteiger partial charge in [-0.2, -0.15) is 0 Å². The number of nitrogens with zero attached hydrogens (tertiary/aromatic N) is 2. The zero-order chi connectivity index (χ0) is 21.2. The molecule has 0 bridgehead atoms. The number of fused-ring (bicyclic) bond motifs is 2. The number of hydrogen-bond donors (Lipinski definition) is 2. The van der Waals surface area contributed by atoms with Gasteiger partial charge < -0.3 is 19.6 Å². The van der Waals surface area contributed by atoms with Crippen molar-refractivity contribution in [3.05, 3.63) is 59.9 Å². The number of aromatic nitrogens is 2. The number of anilines is 1. The highest BCUT2D eigenvalue weighted by Gasteiger charge is 2.35. The molecule has 2 aromatic heterocycles. The van der Waals surface area contributed by atoms with E-state index in [1.807, 2.05) is 66.0 Å². The summed E-state index contributed by atoms with van der Waals surface area (Å²) in [4.78, 5) is 25.8. The molecular formula is C23H20N4O3. The lowest BCUT2D eigenvalue weighted by Crippen LogP contribution is -2.22. The van der Waals surface area contributed by atoms with E-state index >= 15 is 0 Å². The van der Waals surface area contributed by atoms with Crippen molar-refractivity contribution in [3.63, 3.8) is 0 Å². The Kier molecular flexibility index (Phi) is 3.76. The fourth-order valence-electron chi connectivity index (χ4n) is 4.26. The van der Waals surface area contributed by atoms with Crippen LogP contribution in [0.1, 0.15) is 11.1 Å². The van der Waals surface area contributed by atoms with Gasteiger partial charge in [-0.3, -0.25) is 14.9 Å². The minimum atomic E-state index is -0.398. The van der Waals surface area contributed by atoms with Gasteiger partial charge in [-0.15, -0.1) is 0 Å². The quantitative estimate of drug-likeness (QED) is 0.409. The molecule has 0 atom stereocenters. The number of ether oxygens (including phenoxy) is 1. The summed E-state index contributed by atoms with van der Waals surface area (Å²) in [6.07, 6.45) is 3.74. The smallest absolute Gasteiger partial charge is 0.259 e. The molecule has 5 rings (SSSR count). The summed E-state index contributed by atoms with van der Waals surface area (Å²) < 4.78 is 9.17. The van der Waals surface area contributed by atoms with Crippen LogP contribution in [0.5, 0.6) is 5.75 Å². The van der Waals surface area contributed by atoms with Gasteiger partial charge in [0.1, 0.15) is 5.75 Å². The summed E-state index contributed by atoms with van der Waals surface area (Å²) in [5, 5.41) is 4.22. The zero-order valence-electron chi connectivity index (χ0n) is 16.8. The summed E-state index contributed by atoms with van der Waals surface area (Å²) in [6.45, 7) is 0. The number of carbonyl (C=O) groups is 2. The van der Waals surface area contributed by atoms with Crippen LogP contribution in [0.25, 0.3) is 33.0 Å². The van der Waals surface area contributed by atoms with Gasteiger partial charge in [0.15, 0.2) is 0 Å². The molecule has 1 aliphatic heterocycles. The van der Waals surface area contributed by atoms with Crippen molar-refractivity contribution < 1.29 is 14.3 Å². The number of imide groups is 1. The van der Waals surface area contributed by atoms with Gasteiger partial charge in [0, 0.05) is 60.1 Å². The van der Waals surface area contributed by atoms with Crippen LogP contribution in [0.15, 0.2) is 48.8 Å². The first kappa shape index (κ1) is 18.1. The van der Waals surface area contributed by atoms with Gasteiger partial charge >= 0.3 is 0 Å². The van der Waals surface area contributed by atoms with Gasteiger partial charge in [0.25, 0.3) is 11.8 Å². The van der Waals surface area contributed by atoms with Crippen molar-refractivity contribution >= 4 is 50.5 Å². The van der Waals surface area contributed by atoms with E-state index in [4.69, 9.17) is 10.5 Å². The predicted molar refractivity (Wildman–Crippen MR) is 117 cm³/mol. The maximum absolute atomic E-state index is 12.9. The second-order valence-corrected chi connectivity index (χ2v) is 7.50. The number of benzene rings is 2. The molecule has 0 radical (unpaired) electrons. The van der Waals surface area contributed by atoms with Crippen molar-refractivity contribution in [1.82, 2.24) is 14.5 Å². The summed E-state index contributed by atoms with van der Waals surface area (Å²) >= 11 is 0. The average Bonchev–Trinajstić information content (AvgIpc) is 3.32. The molecule has 0 saturated carbocycles. The number of carbonyl (C=O) groups excluding carboxylic acids is 2. The van der Waals surface area contributed by atoms with Crippen molar-refractivity contribution in [1.29, 1.82) is 0 Å². The monoisotopic (exact) mass is 400 g/mol. The van der Waals surface area contributed by atoms with Gasteiger partial charge in [0.2, 0.25) is 0 Å². The standard InChI is InChI=1S/C23H20N4O3/c1-26-10-16(14-6-4-12(24)8-18(14)26)20-21(23(29)25-22(20)28)17-11-27(2)19-9-13(30-3)5-7-15(17)19/h4-11H,24H2,1-3H3,(H,25,28,29). The van der Waals surface area contributed by atoms with Gasteiger partial charge in [-0.25, -0.2) is 0 Å². The van der Waals surface area contributed by atoms with E-state index in [2.05, 4.69) is 5.32 Å². The molecule has 3 N–H and O–H groups in total. The summed E-state index contributed by atoms with van der Waals surface area (Å²) in [6, 6.07) is 11.2. The highest BCUT2D eigenvalue weighted by molar-refractivity contribution is 6.50. The van der Waals surface area contributed by atoms with E-state index in [1.165, 1.54) is 0 Å². The Balaban J connectivity index is 1.83. The molecule has 0 spiro atoms. The molecule has 2 aromatic carbocycles. The third kappa shape index (κ3) is 2.45. The van der Waals surface area contributed by atoms with E-state index < -0.39 is 11.8 Å². The van der Waals surface area contributed by atoms with Crippen LogP contribution in [0.2, 0.25) is 0 Å². The molecule has 0 unspecified atom stereocenters. The number of nitrogens with two attached hydrogens (primary N) is 1. The highest BCUT2D eigenvalue weighted by atomic mass is 16.5. The van der Waals surface area contributed by atoms with Crippen LogP contribution < -0.4 is 15.8 Å². The van der Waals surface area contributed by atoms with E-state index in [1.54, 1.807) is 13.2 Å². The van der Waals surface area contributed by atoms with Gasteiger partial charge in [0.05, 0.1) is 29.3 Å². The molecule has 0 aliphatic carbocycles. The molecule has 3 heterocycles. The second-order valence-electron chi connectivity index (χ2n) is 7.50. The summed E-state index contributed by atoms with van der Waals surface area (Å²) in [5.74, 6) is -0.0707. The lowest BCUT2D eigenvalue weighted by atomic mass is 9.95. The van der Waals surface area contributed by atoms with Crippen LogP contribution in [0.3, 0.4) is 0 Å². The SMILES string of the molecule is COc1ccc2c(C3=C(c4cn(C)c5cc(N)ccc45)C(=O)NC3=O)cn(C)c2c1. The number of rotatable bonds is 3.